The van der Waals surface area contributed by atoms with Crippen LogP contribution in [0.1, 0.15) is 16.8 Å². The van der Waals surface area contributed by atoms with Crippen molar-refractivity contribution in [2.24, 2.45) is 0 Å². The van der Waals surface area contributed by atoms with Gasteiger partial charge in [0.2, 0.25) is 5.78 Å². The maximum absolute atomic E-state index is 12.6. The van der Waals surface area contributed by atoms with E-state index in [2.05, 4.69) is 0 Å². The second-order valence-electron chi connectivity index (χ2n) is 3.15. The quantitative estimate of drug-likeness (QED) is 0.479. The van der Waals surface area contributed by atoms with Crippen molar-refractivity contribution in [2.75, 3.05) is 0 Å². The summed E-state index contributed by atoms with van der Waals surface area (Å²) in [5.41, 5.74) is -0.314. The van der Waals surface area contributed by atoms with E-state index in [0.29, 0.717) is 0 Å². The van der Waals surface area contributed by atoms with Crippen molar-refractivity contribution < 1.29 is 27.2 Å². The zero-order chi connectivity index (χ0) is 13.2. The fourth-order valence-corrected chi connectivity index (χ4v) is 1.33. The van der Waals surface area contributed by atoms with E-state index in [1.54, 1.807) is 0 Å². The molecule has 0 bridgehead atoms. The summed E-state index contributed by atoms with van der Waals surface area (Å²) in [6.45, 7) is 0. The van der Waals surface area contributed by atoms with Gasteiger partial charge in [-0.3, -0.25) is 9.59 Å². The molecular formula is C10H5ClF4O2. The van der Waals surface area contributed by atoms with E-state index in [1.807, 2.05) is 0 Å². The van der Waals surface area contributed by atoms with E-state index in [4.69, 9.17) is 11.6 Å². The number of rotatable bonds is 3. The zero-order valence-corrected chi connectivity index (χ0v) is 8.90. The molecule has 1 rings (SSSR count). The predicted molar refractivity (Wildman–Crippen MR) is 51.4 cm³/mol. The Balaban J connectivity index is 2.88. The van der Waals surface area contributed by atoms with Gasteiger partial charge in [0.05, 0.1) is 11.4 Å². The SMILES string of the molecule is O=C(CC(=O)C(F)(F)F)c1ccc(F)cc1Cl. The second-order valence-corrected chi connectivity index (χ2v) is 3.55. The van der Waals surface area contributed by atoms with E-state index in [9.17, 15) is 27.2 Å². The fourth-order valence-electron chi connectivity index (χ4n) is 1.06. The highest BCUT2D eigenvalue weighted by atomic mass is 35.5. The maximum atomic E-state index is 12.6. The molecular weight excluding hydrogens is 264 g/mol. The highest BCUT2D eigenvalue weighted by molar-refractivity contribution is 6.34. The average molecular weight is 269 g/mol. The van der Waals surface area contributed by atoms with Crippen LogP contribution in [0.15, 0.2) is 18.2 Å². The van der Waals surface area contributed by atoms with Gasteiger partial charge in [-0.25, -0.2) is 4.39 Å². The minimum absolute atomic E-state index is 0.314. The number of benzene rings is 1. The molecule has 0 aliphatic rings. The highest BCUT2D eigenvalue weighted by Gasteiger charge is 2.39. The molecule has 0 aromatic heterocycles. The van der Waals surface area contributed by atoms with Gasteiger partial charge in [-0.1, -0.05) is 11.6 Å². The molecule has 1 aromatic rings. The lowest BCUT2D eigenvalue weighted by atomic mass is 10.1. The molecule has 0 saturated heterocycles. The van der Waals surface area contributed by atoms with Gasteiger partial charge in [0.1, 0.15) is 5.82 Å². The van der Waals surface area contributed by atoms with Crippen LogP contribution in [0, 0.1) is 5.82 Å². The van der Waals surface area contributed by atoms with Crippen molar-refractivity contribution in [3.63, 3.8) is 0 Å². The normalized spacial score (nSPS) is 11.4. The largest absolute Gasteiger partial charge is 0.450 e. The van der Waals surface area contributed by atoms with Gasteiger partial charge in [-0.05, 0) is 18.2 Å². The van der Waals surface area contributed by atoms with E-state index < -0.39 is 30.0 Å². The van der Waals surface area contributed by atoms with Crippen molar-refractivity contribution in [3.05, 3.63) is 34.6 Å². The van der Waals surface area contributed by atoms with E-state index >= 15 is 0 Å². The lowest BCUT2D eigenvalue weighted by Crippen LogP contribution is -2.25. The van der Waals surface area contributed by atoms with Gasteiger partial charge in [0.15, 0.2) is 5.78 Å². The summed E-state index contributed by atoms with van der Waals surface area (Å²) in [7, 11) is 0. The van der Waals surface area contributed by atoms with Crippen molar-refractivity contribution in [1.29, 1.82) is 0 Å². The van der Waals surface area contributed by atoms with Crippen LogP contribution in [-0.2, 0) is 4.79 Å². The number of carbonyl (C=O) groups excluding carboxylic acids is 2. The number of halogens is 5. The third kappa shape index (κ3) is 3.52. The third-order valence-corrected chi connectivity index (χ3v) is 2.18. The lowest BCUT2D eigenvalue weighted by Gasteiger charge is -2.05. The lowest BCUT2D eigenvalue weighted by molar-refractivity contribution is -0.170. The molecule has 0 N–H and O–H groups in total. The standard InChI is InChI=1S/C10H5ClF4O2/c11-7-3-5(12)1-2-6(7)8(16)4-9(17)10(13,14)15/h1-3H,4H2. The molecule has 92 valence electrons. The average Bonchev–Trinajstić information content (AvgIpc) is 2.15. The first-order chi connectivity index (χ1) is 7.71. The first-order valence-corrected chi connectivity index (χ1v) is 4.68. The number of hydrogen-bond donors (Lipinski definition) is 0. The first-order valence-electron chi connectivity index (χ1n) is 4.30. The smallest absolute Gasteiger partial charge is 0.294 e. The van der Waals surface area contributed by atoms with Crippen LogP contribution in [0.2, 0.25) is 5.02 Å². The van der Waals surface area contributed by atoms with Crippen molar-refractivity contribution in [1.82, 2.24) is 0 Å². The highest BCUT2D eigenvalue weighted by Crippen LogP contribution is 2.22. The monoisotopic (exact) mass is 268 g/mol. The van der Waals surface area contributed by atoms with Crippen LogP contribution >= 0.6 is 11.6 Å². The summed E-state index contributed by atoms with van der Waals surface area (Å²) < 4.78 is 48.3. The minimum atomic E-state index is -5.07. The van der Waals surface area contributed by atoms with Gasteiger partial charge in [0.25, 0.3) is 0 Å². The maximum Gasteiger partial charge on any atom is 0.450 e. The van der Waals surface area contributed by atoms with Gasteiger partial charge in [-0.2, -0.15) is 13.2 Å². The predicted octanol–water partition coefficient (Wildman–Crippen LogP) is 3.18. The summed E-state index contributed by atoms with van der Waals surface area (Å²) in [4.78, 5) is 21.9. The Kier molecular flexibility index (Phi) is 3.87. The van der Waals surface area contributed by atoms with E-state index in [-0.39, 0.29) is 10.6 Å². The number of hydrogen-bond acceptors (Lipinski definition) is 2. The summed E-state index contributed by atoms with van der Waals surface area (Å²) in [6, 6.07) is 2.59. The Labute approximate surface area is 98.2 Å². The molecule has 0 aliphatic carbocycles. The number of carbonyl (C=O) groups is 2. The van der Waals surface area contributed by atoms with Crippen LogP contribution in [0.5, 0.6) is 0 Å². The molecule has 0 heterocycles. The third-order valence-electron chi connectivity index (χ3n) is 1.87. The first kappa shape index (κ1) is 13.6. The van der Waals surface area contributed by atoms with E-state index in [0.717, 1.165) is 18.2 Å². The minimum Gasteiger partial charge on any atom is -0.294 e. The summed E-state index contributed by atoms with van der Waals surface area (Å²) in [5.74, 6) is -3.99. The molecule has 0 atom stereocenters. The summed E-state index contributed by atoms with van der Waals surface area (Å²) in [6.07, 6.45) is -6.41. The Morgan fingerprint density at radius 2 is 1.82 bits per heavy atom. The summed E-state index contributed by atoms with van der Waals surface area (Å²) in [5, 5.41) is -0.329. The topological polar surface area (TPSA) is 34.1 Å². The van der Waals surface area contributed by atoms with Crippen LogP contribution in [0.4, 0.5) is 17.6 Å². The van der Waals surface area contributed by atoms with Crippen LogP contribution < -0.4 is 0 Å². The number of alkyl halides is 3. The second kappa shape index (κ2) is 4.83. The van der Waals surface area contributed by atoms with Crippen LogP contribution in [0.25, 0.3) is 0 Å². The zero-order valence-electron chi connectivity index (χ0n) is 8.15. The number of Topliss-reactive ketones (excluding diaryl/α,β-unsaturated/α-hetero) is 2. The Hall–Kier alpha value is -1.43. The molecule has 0 amide bonds. The molecule has 0 radical (unpaired) electrons. The number of ketones is 2. The Morgan fingerprint density at radius 3 is 2.29 bits per heavy atom. The van der Waals surface area contributed by atoms with Crippen molar-refractivity contribution >= 4 is 23.2 Å². The van der Waals surface area contributed by atoms with Gasteiger partial charge in [0, 0.05) is 5.56 Å². The fraction of sp³-hybridized carbons (Fsp3) is 0.200. The van der Waals surface area contributed by atoms with Crippen molar-refractivity contribution in [2.45, 2.75) is 12.6 Å². The molecule has 0 fully saturated rings. The molecule has 17 heavy (non-hydrogen) atoms. The molecule has 7 heteroatoms. The van der Waals surface area contributed by atoms with Gasteiger partial charge in [-0.15, -0.1) is 0 Å². The molecule has 0 aliphatic heterocycles. The van der Waals surface area contributed by atoms with Gasteiger partial charge >= 0.3 is 6.18 Å². The summed E-state index contributed by atoms with van der Waals surface area (Å²) >= 11 is 5.47. The molecule has 2 nitrogen and oxygen atoms in total. The van der Waals surface area contributed by atoms with E-state index in [1.165, 1.54) is 0 Å². The van der Waals surface area contributed by atoms with Crippen LogP contribution in [0.3, 0.4) is 0 Å². The van der Waals surface area contributed by atoms with Crippen LogP contribution in [-0.4, -0.2) is 17.7 Å². The van der Waals surface area contributed by atoms with Gasteiger partial charge < -0.3 is 0 Å². The molecule has 0 spiro atoms. The molecule has 0 unspecified atom stereocenters. The van der Waals surface area contributed by atoms with Crippen molar-refractivity contribution in [3.8, 4) is 0 Å². The molecule has 1 aromatic carbocycles. The Bertz CT molecular complexity index is 468. The molecule has 0 saturated carbocycles. The Morgan fingerprint density at radius 1 is 1.24 bits per heavy atom.